The van der Waals surface area contributed by atoms with Gasteiger partial charge in [-0.1, -0.05) is 18.2 Å². The summed E-state index contributed by atoms with van der Waals surface area (Å²) in [5, 5.41) is 14.6. The number of rotatable bonds is 5. The highest BCUT2D eigenvalue weighted by Crippen LogP contribution is 2.40. The number of pyridine rings is 1. The van der Waals surface area contributed by atoms with Gasteiger partial charge in [0.1, 0.15) is 0 Å². The molecule has 4 heterocycles. The molecule has 5 rings (SSSR count). The number of hydrogen-bond donors (Lipinski definition) is 1. The summed E-state index contributed by atoms with van der Waals surface area (Å²) in [7, 11) is 0. The number of aromatic nitrogens is 3. The average molecular weight is 374 g/mol. The van der Waals surface area contributed by atoms with Crippen LogP contribution in [0, 0.1) is 5.92 Å². The van der Waals surface area contributed by atoms with Gasteiger partial charge < -0.3 is 5.11 Å². The first-order chi connectivity index (χ1) is 13.8. The van der Waals surface area contributed by atoms with Gasteiger partial charge in [0.15, 0.2) is 0 Å². The van der Waals surface area contributed by atoms with Crippen molar-refractivity contribution in [1.29, 1.82) is 0 Å². The van der Waals surface area contributed by atoms with Crippen molar-refractivity contribution >= 4 is 0 Å². The fourth-order valence-electron chi connectivity index (χ4n) is 4.98. The number of aliphatic hydroxyl groups excluding tert-OH is 1. The molecule has 1 unspecified atom stereocenters. The summed E-state index contributed by atoms with van der Waals surface area (Å²) in [6.45, 7) is 1.24. The Hall–Kier alpha value is -2.50. The predicted molar refractivity (Wildman–Crippen MR) is 109 cm³/mol. The van der Waals surface area contributed by atoms with Crippen molar-refractivity contribution in [3.8, 4) is 16.9 Å². The Kier molecular flexibility index (Phi) is 4.71. The maximum atomic E-state index is 9.61. The lowest BCUT2D eigenvalue weighted by molar-refractivity contribution is 0.0684. The minimum atomic E-state index is 0.328. The lowest BCUT2D eigenvalue weighted by atomic mass is 9.91. The van der Waals surface area contributed by atoms with Crippen molar-refractivity contribution in [3.63, 3.8) is 0 Å². The first kappa shape index (κ1) is 17.6. The number of aliphatic hydroxyl groups is 1. The molecule has 3 aromatic rings. The number of benzene rings is 1. The Labute approximate surface area is 165 Å². The van der Waals surface area contributed by atoms with Crippen molar-refractivity contribution in [2.45, 2.75) is 44.3 Å². The standard InChI is InChI=1S/C23H26N4O/c28-16-17-12-21-6-7-22(13-17)26(21)14-19-15-27(20-4-2-1-3-5-20)25-23(19)18-8-10-24-11-9-18/h1-5,8-11,15,17,21-22,28H,6-7,12-14,16H2/t17?,21-,22+. The molecule has 28 heavy (non-hydrogen) atoms. The summed E-state index contributed by atoms with van der Waals surface area (Å²) in [4.78, 5) is 6.82. The molecule has 5 heteroatoms. The molecule has 5 nitrogen and oxygen atoms in total. The van der Waals surface area contributed by atoms with Crippen molar-refractivity contribution in [2.24, 2.45) is 5.92 Å². The molecule has 2 bridgehead atoms. The number of para-hydroxylation sites is 1. The van der Waals surface area contributed by atoms with Crippen molar-refractivity contribution in [3.05, 3.63) is 66.6 Å². The van der Waals surface area contributed by atoms with Gasteiger partial charge in [-0.25, -0.2) is 4.68 Å². The minimum absolute atomic E-state index is 0.328. The van der Waals surface area contributed by atoms with Gasteiger partial charge in [0, 0.05) is 55.0 Å². The summed E-state index contributed by atoms with van der Waals surface area (Å²) >= 11 is 0. The zero-order valence-corrected chi connectivity index (χ0v) is 16.0. The largest absolute Gasteiger partial charge is 0.396 e. The van der Waals surface area contributed by atoms with E-state index in [1.807, 2.05) is 47.4 Å². The molecule has 1 N–H and O–H groups in total. The number of hydrogen-bond acceptors (Lipinski definition) is 4. The second-order valence-electron chi connectivity index (χ2n) is 8.10. The van der Waals surface area contributed by atoms with E-state index >= 15 is 0 Å². The summed E-state index contributed by atoms with van der Waals surface area (Å²) in [6, 6.07) is 15.5. The lowest BCUT2D eigenvalue weighted by Gasteiger charge is -2.38. The highest BCUT2D eigenvalue weighted by Gasteiger charge is 2.40. The molecular formula is C23H26N4O. The van der Waals surface area contributed by atoms with Crippen LogP contribution in [-0.4, -0.2) is 43.5 Å². The molecule has 1 aromatic carbocycles. The summed E-state index contributed by atoms with van der Waals surface area (Å²) in [5.41, 5.74) is 4.48. The van der Waals surface area contributed by atoms with E-state index in [2.05, 4.69) is 28.2 Å². The van der Waals surface area contributed by atoms with Crippen LogP contribution >= 0.6 is 0 Å². The molecule has 2 aliphatic rings. The Morgan fingerprint density at radius 1 is 0.964 bits per heavy atom. The second-order valence-corrected chi connectivity index (χ2v) is 8.10. The zero-order chi connectivity index (χ0) is 18.9. The summed E-state index contributed by atoms with van der Waals surface area (Å²) in [5.74, 6) is 0.473. The summed E-state index contributed by atoms with van der Waals surface area (Å²) in [6.07, 6.45) is 10.6. The van der Waals surface area contributed by atoms with E-state index in [-0.39, 0.29) is 0 Å². The van der Waals surface area contributed by atoms with Gasteiger partial charge in [-0.05, 0) is 55.9 Å². The van der Waals surface area contributed by atoms with E-state index in [1.165, 1.54) is 18.4 Å². The monoisotopic (exact) mass is 374 g/mol. The Balaban J connectivity index is 1.49. The van der Waals surface area contributed by atoms with Gasteiger partial charge in [-0.3, -0.25) is 9.88 Å². The number of piperidine rings is 1. The van der Waals surface area contributed by atoms with Gasteiger partial charge in [0.2, 0.25) is 0 Å². The van der Waals surface area contributed by atoms with Gasteiger partial charge in [0.05, 0.1) is 11.4 Å². The zero-order valence-electron chi connectivity index (χ0n) is 16.0. The van der Waals surface area contributed by atoms with Crippen LogP contribution in [-0.2, 0) is 6.54 Å². The normalized spacial score (nSPS) is 24.5. The SMILES string of the molecule is OCC1C[C@H]2CC[C@@H](C1)N2Cc1cn(-c2ccccc2)nc1-c1ccncc1. The molecule has 0 amide bonds. The van der Waals surface area contributed by atoms with Crippen LogP contribution in [0.1, 0.15) is 31.2 Å². The highest BCUT2D eigenvalue weighted by molar-refractivity contribution is 5.62. The van der Waals surface area contributed by atoms with E-state index < -0.39 is 0 Å². The highest BCUT2D eigenvalue weighted by atomic mass is 16.3. The van der Waals surface area contributed by atoms with Crippen molar-refractivity contribution in [2.75, 3.05) is 6.61 Å². The molecule has 2 aliphatic heterocycles. The fraction of sp³-hybridized carbons (Fsp3) is 0.391. The maximum absolute atomic E-state index is 9.61. The quantitative estimate of drug-likeness (QED) is 0.740. The van der Waals surface area contributed by atoms with Crippen molar-refractivity contribution < 1.29 is 5.11 Å². The van der Waals surface area contributed by atoms with Gasteiger partial charge in [-0.2, -0.15) is 5.10 Å². The maximum Gasteiger partial charge on any atom is 0.0973 e. The molecule has 3 atom stereocenters. The third-order valence-corrected chi connectivity index (χ3v) is 6.36. The van der Waals surface area contributed by atoms with Crippen LogP contribution < -0.4 is 0 Å². The number of fused-ring (bicyclic) bond motifs is 2. The van der Waals surface area contributed by atoms with Crippen molar-refractivity contribution in [1.82, 2.24) is 19.7 Å². The van der Waals surface area contributed by atoms with Gasteiger partial charge >= 0.3 is 0 Å². The van der Waals surface area contributed by atoms with Gasteiger partial charge in [0.25, 0.3) is 0 Å². The fourth-order valence-corrected chi connectivity index (χ4v) is 4.98. The van der Waals surface area contributed by atoms with Crippen LogP contribution in [0.2, 0.25) is 0 Å². The average Bonchev–Trinajstić information content (AvgIpc) is 3.27. The third kappa shape index (κ3) is 3.25. The van der Waals surface area contributed by atoms with E-state index in [9.17, 15) is 5.11 Å². The van der Waals surface area contributed by atoms with Crippen LogP contribution in [0.5, 0.6) is 0 Å². The minimum Gasteiger partial charge on any atom is -0.396 e. The lowest BCUT2D eigenvalue weighted by Crippen LogP contribution is -2.43. The first-order valence-corrected chi connectivity index (χ1v) is 10.2. The third-order valence-electron chi connectivity index (χ3n) is 6.36. The molecule has 0 aliphatic carbocycles. The molecular weight excluding hydrogens is 348 g/mol. The molecule has 2 saturated heterocycles. The molecule has 0 spiro atoms. The van der Waals surface area contributed by atoms with Crippen LogP contribution in [0.3, 0.4) is 0 Å². The second kappa shape index (κ2) is 7.49. The topological polar surface area (TPSA) is 54.2 Å². The first-order valence-electron chi connectivity index (χ1n) is 10.2. The molecule has 2 fully saturated rings. The smallest absolute Gasteiger partial charge is 0.0973 e. The van der Waals surface area contributed by atoms with Crippen LogP contribution in [0.25, 0.3) is 16.9 Å². The predicted octanol–water partition coefficient (Wildman–Crippen LogP) is 3.67. The van der Waals surface area contributed by atoms with Crippen LogP contribution in [0.15, 0.2) is 61.1 Å². The van der Waals surface area contributed by atoms with E-state index in [4.69, 9.17) is 5.10 Å². The Morgan fingerprint density at radius 3 is 2.36 bits per heavy atom. The van der Waals surface area contributed by atoms with E-state index in [0.717, 1.165) is 36.3 Å². The van der Waals surface area contributed by atoms with E-state index in [1.54, 1.807) is 0 Å². The molecule has 144 valence electrons. The van der Waals surface area contributed by atoms with Gasteiger partial charge in [-0.15, -0.1) is 0 Å². The Morgan fingerprint density at radius 2 is 1.68 bits per heavy atom. The Bertz CT molecular complexity index is 910. The summed E-state index contributed by atoms with van der Waals surface area (Å²) < 4.78 is 1.99. The van der Waals surface area contributed by atoms with Crippen LogP contribution in [0.4, 0.5) is 0 Å². The van der Waals surface area contributed by atoms with E-state index in [0.29, 0.717) is 24.6 Å². The molecule has 0 radical (unpaired) electrons. The molecule has 2 aromatic heterocycles. The number of nitrogens with zero attached hydrogens (tertiary/aromatic N) is 4. The molecule has 0 saturated carbocycles.